The zero-order valence-electron chi connectivity index (χ0n) is 11.7. The Morgan fingerprint density at radius 2 is 1.86 bits per heavy atom. The maximum atomic E-state index is 11.1. The summed E-state index contributed by atoms with van der Waals surface area (Å²) < 4.78 is 0. The summed E-state index contributed by atoms with van der Waals surface area (Å²) in [6, 6.07) is 18.2. The number of hydrogen-bond donors (Lipinski definition) is 1. The summed E-state index contributed by atoms with van der Waals surface area (Å²) in [5.41, 5.74) is 4.15. The Labute approximate surface area is 128 Å². The van der Waals surface area contributed by atoms with Crippen molar-refractivity contribution in [2.75, 3.05) is 0 Å². The molecule has 0 atom stereocenters. The third-order valence-electron chi connectivity index (χ3n) is 2.75. The number of benzene rings is 2. The number of carbonyl (C=O) groups excluding carboxylic acids is 1. The molecule has 0 aliphatic rings. The summed E-state index contributed by atoms with van der Waals surface area (Å²) in [6.45, 7) is 5.24. The van der Waals surface area contributed by atoms with E-state index < -0.39 is 0 Å². The van der Waals surface area contributed by atoms with Crippen LogP contribution in [0.2, 0.25) is 0 Å². The molecule has 1 N–H and O–H groups in total. The van der Waals surface area contributed by atoms with Crippen molar-refractivity contribution in [1.82, 2.24) is 5.43 Å². The Morgan fingerprint density at radius 1 is 1.14 bits per heavy atom. The van der Waals surface area contributed by atoms with Crippen LogP contribution in [0.1, 0.15) is 12.5 Å². The number of rotatable bonds is 5. The lowest BCUT2D eigenvalue weighted by Gasteiger charge is -2.05. The van der Waals surface area contributed by atoms with Gasteiger partial charge in [-0.1, -0.05) is 48.7 Å². The zero-order valence-corrected chi connectivity index (χ0v) is 12.6. The van der Waals surface area contributed by atoms with Gasteiger partial charge in [-0.25, -0.2) is 5.43 Å². The molecule has 0 aliphatic carbocycles. The molecule has 2 aromatic rings. The third-order valence-corrected chi connectivity index (χ3v) is 3.75. The maximum absolute atomic E-state index is 11.1. The first-order chi connectivity index (χ1) is 10.2. The van der Waals surface area contributed by atoms with Crippen molar-refractivity contribution < 1.29 is 4.79 Å². The lowest BCUT2D eigenvalue weighted by Crippen LogP contribution is -2.16. The average Bonchev–Trinajstić information content (AvgIpc) is 2.53. The molecular weight excluding hydrogens is 280 g/mol. The van der Waals surface area contributed by atoms with Crippen molar-refractivity contribution in [3.63, 3.8) is 0 Å². The van der Waals surface area contributed by atoms with Crippen LogP contribution in [0.4, 0.5) is 0 Å². The number of carbonyl (C=O) groups is 1. The normalized spacial score (nSPS) is 11.0. The van der Waals surface area contributed by atoms with Crippen molar-refractivity contribution in [3.05, 3.63) is 72.8 Å². The predicted molar refractivity (Wildman–Crippen MR) is 87.6 cm³/mol. The molecule has 0 radical (unpaired) electrons. The van der Waals surface area contributed by atoms with Gasteiger partial charge in [-0.15, -0.1) is 0 Å². The number of nitrogens with zero attached hydrogens (tertiary/aromatic N) is 1. The van der Waals surface area contributed by atoms with Gasteiger partial charge in [0.1, 0.15) is 0 Å². The van der Waals surface area contributed by atoms with Crippen molar-refractivity contribution in [2.45, 2.75) is 16.7 Å². The smallest absolute Gasteiger partial charge is 0.263 e. The van der Waals surface area contributed by atoms with E-state index in [4.69, 9.17) is 0 Å². The van der Waals surface area contributed by atoms with Crippen LogP contribution in [0.25, 0.3) is 0 Å². The SMILES string of the molecule is C=CC(=O)NN=C(C)c1cccc(Sc2ccccc2)c1. The number of nitrogens with one attached hydrogen (secondary N) is 1. The number of hydrogen-bond acceptors (Lipinski definition) is 3. The van der Waals surface area contributed by atoms with Crippen LogP contribution >= 0.6 is 11.8 Å². The highest BCUT2D eigenvalue weighted by molar-refractivity contribution is 7.99. The van der Waals surface area contributed by atoms with Gasteiger partial charge < -0.3 is 0 Å². The van der Waals surface area contributed by atoms with Gasteiger partial charge >= 0.3 is 0 Å². The Hall–Kier alpha value is -2.33. The molecule has 0 bridgehead atoms. The predicted octanol–water partition coefficient (Wildman–Crippen LogP) is 3.86. The third kappa shape index (κ3) is 4.61. The van der Waals surface area contributed by atoms with Gasteiger partial charge in [-0.05, 0) is 42.8 Å². The Bertz CT molecular complexity index is 666. The van der Waals surface area contributed by atoms with E-state index in [9.17, 15) is 4.79 Å². The van der Waals surface area contributed by atoms with E-state index in [0.29, 0.717) is 0 Å². The van der Waals surface area contributed by atoms with E-state index in [1.807, 2.05) is 37.3 Å². The summed E-state index contributed by atoms with van der Waals surface area (Å²) in [5.74, 6) is -0.316. The van der Waals surface area contributed by atoms with E-state index in [1.54, 1.807) is 11.8 Å². The molecule has 106 valence electrons. The van der Waals surface area contributed by atoms with E-state index in [2.05, 4.69) is 41.4 Å². The van der Waals surface area contributed by atoms with Crippen LogP contribution in [0.3, 0.4) is 0 Å². The van der Waals surface area contributed by atoms with Crippen LogP contribution in [0.5, 0.6) is 0 Å². The second kappa shape index (κ2) is 7.45. The first-order valence-corrected chi connectivity index (χ1v) is 7.31. The van der Waals surface area contributed by atoms with Crippen LogP contribution in [-0.2, 0) is 4.79 Å². The molecule has 0 spiro atoms. The van der Waals surface area contributed by atoms with Gasteiger partial charge in [0, 0.05) is 9.79 Å². The van der Waals surface area contributed by atoms with Crippen LogP contribution in [0, 0.1) is 0 Å². The largest absolute Gasteiger partial charge is 0.268 e. The van der Waals surface area contributed by atoms with E-state index in [1.165, 1.54) is 11.0 Å². The fourth-order valence-corrected chi connectivity index (χ4v) is 2.56. The minimum Gasteiger partial charge on any atom is -0.268 e. The monoisotopic (exact) mass is 296 g/mol. The summed E-state index contributed by atoms with van der Waals surface area (Å²) >= 11 is 1.69. The molecule has 21 heavy (non-hydrogen) atoms. The molecule has 0 saturated carbocycles. The van der Waals surface area contributed by atoms with E-state index in [-0.39, 0.29) is 5.91 Å². The lowest BCUT2D eigenvalue weighted by molar-refractivity contribution is -0.116. The Kier molecular flexibility index (Phi) is 5.35. The number of amides is 1. The molecule has 0 aromatic heterocycles. The minimum absolute atomic E-state index is 0.316. The molecule has 0 fully saturated rings. The van der Waals surface area contributed by atoms with Crippen molar-refractivity contribution in [1.29, 1.82) is 0 Å². The second-order valence-corrected chi connectivity index (χ2v) is 5.47. The maximum Gasteiger partial charge on any atom is 0.263 e. The van der Waals surface area contributed by atoms with Gasteiger partial charge in [0.25, 0.3) is 5.91 Å². The van der Waals surface area contributed by atoms with Gasteiger partial charge in [0.05, 0.1) is 5.71 Å². The zero-order chi connectivity index (χ0) is 15.1. The topological polar surface area (TPSA) is 41.5 Å². The molecule has 0 unspecified atom stereocenters. The fourth-order valence-electron chi connectivity index (χ4n) is 1.66. The quantitative estimate of drug-likeness (QED) is 0.517. The Balaban J connectivity index is 2.14. The fraction of sp³-hybridized carbons (Fsp3) is 0.0588. The molecule has 3 nitrogen and oxygen atoms in total. The summed E-state index contributed by atoms with van der Waals surface area (Å²) in [4.78, 5) is 13.4. The summed E-state index contributed by atoms with van der Waals surface area (Å²) in [6.07, 6.45) is 1.19. The summed E-state index contributed by atoms with van der Waals surface area (Å²) in [7, 11) is 0. The molecule has 2 rings (SSSR count). The molecule has 0 saturated heterocycles. The van der Waals surface area contributed by atoms with Gasteiger partial charge in [0.15, 0.2) is 0 Å². The first-order valence-electron chi connectivity index (χ1n) is 6.49. The molecule has 2 aromatic carbocycles. The van der Waals surface area contributed by atoms with Crippen LogP contribution in [-0.4, -0.2) is 11.6 Å². The highest BCUT2D eigenvalue weighted by atomic mass is 32.2. The molecule has 1 amide bonds. The molecule has 0 aliphatic heterocycles. The highest BCUT2D eigenvalue weighted by Crippen LogP contribution is 2.27. The molecular formula is C17H16N2OS. The van der Waals surface area contributed by atoms with Crippen molar-refractivity contribution in [3.8, 4) is 0 Å². The van der Waals surface area contributed by atoms with Gasteiger partial charge in [-0.3, -0.25) is 4.79 Å². The van der Waals surface area contributed by atoms with E-state index >= 15 is 0 Å². The van der Waals surface area contributed by atoms with Crippen LogP contribution < -0.4 is 5.43 Å². The van der Waals surface area contributed by atoms with Crippen molar-refractivity contribution >= 4 is 23.4 Å². The second-order valence-electron chi connectivity index (χ2n) is 4.32. The summed E-state index contributed by atoms with van der Waals surface area (Å²) in [5, 5.41) is 4.05. The average molecular weight is 296 g/mol. The minimum atomic E-state index is -0.316. The van der Waals surface area contributed by atoms with Gasteiger partial charge in [-0.2, -0.15) is 5.10 Å². The van der Waals surface area contributed by atoms with Crippen molar-refractivity contribution in [2.24, 2.45) is 5.10 Å². The first kappa shape index (κ1) is 15.1. The molecule has 0 heterocycles. The van der Waals surface area contributed by atoms with Crippen LogP contribution in [0.15, 0.2) is 82.1 Å². The van der Waals surface area contributed by atoms with E-state index in [0.717, 1.165) is 16.2 Å². The number of hydrazone groups is 1. The molecule has 4 heteroatoms. The standard InChI is InChI=1S/C17H16N2OS/c1-3-17(20)19-18-13(2)14-8-7-11-16(12-14)21-15-9-5-4-6-10-15/h3-12H,1H2,2H3,(H,19,20). The lowest BCUT2D eigenvalue weighted by atomic mass is 10.1. The van der Waals surface area contributed by atoms with Gasteiger partial charge in [0.2, 0.25) is 0 Å². The highest BCUT2D eigenvalue weighted by Gasteiger charge is 2.02. The Morgan fingerprint density at radius 3 is 2.57 bits per heavy atom.